The molecule has 17 heavy (non-hydrogen) atoms. The van der Waals surface area contributed by atoms with E-state index in [-0.39, 0.29) is 0 Å². The molecule has 2 heteroatoms. The van der Waals surface area contributed by atoms with E-state index in [1.807, 2.05) is 42.6 Å². The van der Waals surface area contributed by atoms with Crippen LogP contribution in [0.2, 0.25) is 0 Å². The first-order valence-corrected chi connectivity index (χ1v) is 5.54. The number of rotatable bonds is 2. The Labute approximate surface area is 100 Å². The molecule has 0 saturated heterocycles. The quantitative estimate of drug-likeness (QED) is 0.741. The molecule has 1 radical (unpaired) electrons. The van der Waals surface area contributed by atoms with Gasteiger partial charge in [-0.1, -0.05) is 60.7 Å². The Morgan fingerprint density at radius 3 is 1.88 bits per heavy atom. The summed E-state index contributed by atoms with van der Waals surface area (Å²) in [4.78, 5) is 0. The Balaban J connectivity index is 2.10. The number of hydrogen-bond donors (Lipinski definition) is 0. The molecule has 1 aliphatic rings. The van der Waals surface area contributed by atoms with E-state index in [9.17, 15) is 0 Å². The lowest BCUT2D eigenvalue weighted by Crippen LogP contribution is -1.94. The molecule has 0 unspecified atom stereocenters. The molecule has 0 aliphatic carbocycles. The van der Waals surface area contributed by atoms with Crippen molar-refractivity contribution in [2.45, 2.75) is 0 Å². The maximum atomic E-state index is 4.21. The van der Waals surface area contributed by atoms with Gasteiger partial charge in [0.05, 0.1) is 6.21 Å². The predicted molar refractivity (Wildman–Crippen MR) is 70.3 cm³/mol. The minimum Gasteiger partial charge on any atom is -0.158 e. The molecule has 0 aromatic heterocycles. The largest absolute Gasteiger partial charge is 0.158 e. The minimum absolute atomic E-state index is 0.941. The summed E-state index contributed by atoms with van der Waals surface area (Å²) < 4.78 is 0. The number of allylic oxidation sites excluding steroid dienone is 1. The number of hydrogen-bond acceptors (Lipinski definition) is 1. The Kier molecular flexibility index (Phi) is 2.47. The third kappa shape index (κ3) is 1.85. The zero-order valence-electron chi connectivity index (χ0n) is 9.25. The van der Waals surface area contributed by atoms with E-state index in [4.69, 9.17) is 0 Å². The molecule has 2 aromatic rings. The van der Waals surface area contributed by atoms with E-state index in [1.54, 1.807) is 0 Å². The standard InChI is InChI=1S/C15H11N2/c1-3-7-12(8-4-1)14-11-16-17-15(14)13-9-5-2-6-10-13/h1-11H. The molecule has 0 N–H and O–H groups in total. The van der Waals surface area contributed by atoms with Crippen LogP contribution in [0, 0.1) is 0 Å². The van der Waals surface area contributed by atoms with Gasteiger partial charge in [0.15, 0.2) is 0 Å². The van der Waals surface area contributed by atoms with Crippen LogP contribution in [0.1, 0.15) is 11.1 Å². The summed E-state index contributed by atoms with van der Waals surface area (Å²) in [7, 11) is 0. The fourth-order valence-corrected chi connectivity index (χ4v) is 1.90. The third-order valence-electron chi connectivity index (χ3n) is 2.73. The summed E-state index contributed by atoms with van der Waals surface area (Å²) in [5, 5.41) is 4.02. The molecule has 0 bridgehead atoms. The van der Waals surface area contributed by atoms with Crippen molar-refractivity contribution in [3.63, 3.8) is 0 Å². The predicted octanol–water partition coefficient (Wildman–Crippen LogP) is 3.16. The summed E-state index contributed by atoms with van der Waals surface area (Å²) in [5.74, 6) is 0. The molecule has 2 aromatic carbocycles. The van der Waals surface area contributed by atoms with Crippen LogP contribution < -0.4 is 5.43 Å². The first kappa shape index (κ1) is 9.85. The summed E-state index contributed by atoms with van der Waals surface area (Å²) in [6, 6.07) is 20.3. The van der Waals surface area contributed by atoms with E-state index in [2.05, 4.69) is 34.8 Å². The zero-order valence-corrected chi connectivity index (χ0v) is 9.25. The molecule has 0 amide bonds. The Bertz CT molecular complexity index is 568. The van der Waals surface area contributed by atoms with Gasteiger partial charge in [-0.05, 0) is 5.56 Å². The summed E-state index contributed by atoms with van der Waals surface area (Å²) in [6.07, 6.45) is 1.82. The third-order valence-corrected chi connectivity index (χ3v) is 2.73. The molecule has 0 spiro atoms. The van der Waals surface area contributed by atoms with Crippen molar-refractivity contribution >= 4 is 17.5 Å². The second-order valence-electron chi connectivity index (χ2n) is 3.84. The van der Waals surface area contributed by atoms with Crippen LogP contribution in [-0.4, -0.2) is 6.21 Å². The van der Waals surface area contributed by atoms with Crippen LogP contribution in [-0.2, 0) is 0 Å². The Morgan fingerprint density at radius 1 is 0.647 bits per heavy atom. The topological polar surface area (TPSA) is 26.5 Å². The van der Waals surface area contributed by atoms with Crippen molar-refractivity contribution in [3.05, 3.63) is 71.8 Å². The van der Waals surface area contributed by atoms with Gasteiger partial charge < -0.3 is 0 Å². The molecule has 3 rings (SSSR count). The molecule has 2 nitrogen and oxygen atoms in total. The molecule has 81 valence electrons. The molecule has 1 aliphatic heterocycles. The second-order valence-corrected chi connectivity index (χ2v) is 3.84. The van der Waals surface area contributed by atoms with Gasteiger partial charge in [-0.25, -0.2) is 0 Å². The van der Waals surface area contributed by atoms with Crippen molar-refractivity contribution in [2.75, 3.05) is 0 Å². The van der Waals surface area contributed by atoms with Gasteiger partial charge >= 0.3 is 0 Å². The van der Waals surface area contributed by atoms with E-state index < -0.39 is 0 Å². The summed E-state index contributed by atoms with van der Waals surface area (Å²) in [6.45, 7) is 0. The zero-order chi connectivity index (χ0) is 11.5. The lowest BCUT2D eigenvalue weighted by atomic mass is 10.0. The van der Waals surface area contributed by atoms with Crippen LogP contribution in [0.5, 0.6) is 0 Å². The Morgan fingerprint density at radius 2 is 1.24 bits per heavy atom. The van der Waals surface area contributed by atoms with E-state index >= 15 is 0 Å². The normalized spacial score (nSPS) is 13.9. The molecule has 1 heterocycles. The van der Waals surface area contributed by atoms with Crippen LogP contribution >= 0.6 is 0 Å². The lowest BCUT2D eigenvalue weighted by molar-refractivity contribution is 0.999. The molecule has 0 saturated carbocycles. The van der Waals surface area contributed by atoms with Crippen molar-refractivity contribution in [3.8, 4) is 0 Å². The van der Waals surface area contributed by atoms with E-state index in [1.165, 1.54) is 0 Å². The van der Waals surface area contributed by atoms with Gasteiger partial charge in [-0.3, -0.25) is 0 Å². The summed E-state index contributed by atoms with van der Waals surface area (Å²) in [5.41, 5.74) is 8.48. The average molecular weight is 219 g/mol. The van der Waals surface area contributed by atoms with Gasteiger partial charge in [-0.2, -0.15) is 5.10 Å². The summed E-state index contributed by atoms with van der Waals surface area (Å²) >= 11 is 0. The minimum atomic E-state index is 0.941. The van der Waals surface area contributed by atoms with Crippen LogP contribution in [0.25, 0.3) is 11.3 Å². The molecule has 0 atom stereocenters. The Hall–Kier alpha value is -2.35. The van der Waals surface area contributed by atoms with Crippen LogP contribution in [0.3, 0.4) is 0 Å². The van der Waals surface area contributed by atoms with Crippen molar-refractivity contribution in [2.24, 2.45) is 5.10 Å². The fraction of sp³-hybridized carbons (Fsp3) is 0. The smallest absolute Gasteiger partial charge is 0.102 e. The number of nitrogens with zero attached hydrogens (tertiary/aromatic N) is 2. The van der Waals surface area contributed by atoms with Crippen LogP contribution in [0.4, 0.5) is 0 Å². The van der Waals surface area contributed by atoms with Crippen molar-refractivity contribution in [1.29, 1.82) is 0 Å². The van der Waals surface area contributed by atoms with Gasteiger partial charge in [0.25, 0.3) is 0 Å². The van der Waals surface area contributed by atoms with Crippen LogP contribution in [0.15, 0.2) is 65.8 Å². The first-order valence-electron chi connectivity index (χ1n) is 5.54. The highest BCUT2D eigenvalue weighted by atomic mass is 15.3. The second kappa shape index (κ2) is 4.26. The van der Waals surface area contributed by atoms with Gasteiger partial charge in [0, 0.05) is 11.1 Å². The van der Waals surface area contributed by atoms with Crippen molar-refractivity contribution < 1.29 is 0 Å². The maximum Gasteiger partial charge on any atom is 0.102 e. The molecular weight excluding hydrogens is 208 g/mol. The monoisotopic (exact) mass is 219 g/mol. The maximum absolute atomic E-state index is 4.21. The molecular formula is C15H11N2. The van der Waals surface area contributed by atoms with Gasteiger partial charge in [-0.15, -0.1) is 5.43 Å². The van der Waals surface area contributed by atoms with E-state index in [0.29, 0.717) is 0 Å². The highest BCUT2D eigenvalue weighted by Gasteiger charge is 2.15. The highest BCUT2D eigenvalue weighted by molar-refractivity contribution is 6.21. The number of benzene rings is 2. The fourth-order valence-electron chi connectivity index (χ4n) is 1.90. The average Bonchev–Trinajstić information content (AvgIpc) is 2.90. The lowest BCUT2D eigenvalue weighted by Gasteiger charge is -2.04. The SMILES string of the molecule is C1=N[N]C(c2ccccc2)=C1c1ccccc1. The van der Waals surface area contributed by atoms with Crippen molar-refractivity contribution in [1.82, 2.24) is 5.43 Å². The molecule has 0 fully saturated rings. The van der Waals surface area contributed by atoms with Gasteiger partial charge in [0.2, 0.25) is 0 Å². The first-order chi connectivity index (χ1) is 8.45. The van der Waals surface area contributed by atoms with Gasteiger partial charge in [0.1, 0.15) is 5.70 Å². The highest BCUT2D eigenvalue weighted by Crippen LogP contribution is 2.26. The van der Waals surface area contributed by atoms with E-state index in [0.717, 1.165) is 22.4 Å².